The summed E-state index contributed by atoms with van der Waals surface area (Å²) in [4.78, 5) is 12.2. The number of anilines is 1. The molecule has 2 aromatic rings. The molecule has 0 saturated heterocycles. The lowest BCUT2D eigenvalue weighted by Gasteiger charge is -2.23. The number of rotatable bonds is 6. The lowest BCUT2D eigenvalue weighted by atomic mass is 10.1. The molecule has 3 N–H and O–H groups in total. The van der Waals surface area contributed by atoms with Gasteiger partial charge in [-0.3, -0.25) is 4.79 Å². The molecule has 7 heteroatoms. The van der Waals surface area contributed by atoms with Gasteiger partial charge in [0, 0.05) is 11.3 Å². The summed E-state index contributed by atoms with van der Waals surface area (Å²) in [6.07, 6.45) is 0. The maximum atomic E-state index is 12.3. The Labute approximate surface area is 141 Å². The SMILES string of the molecule is CC(C)(CO)NS(=O)(=O)c1ccc(C(=O)Nc2ccccc2)cc1. The minimum Gasteiger partial charge on any atom is -0.394 e. The molecule has 0 heterocycles. The predicted octanol–water partition coefficient (Wildman–Crippen LogP) is 1.99. The summed E-state index contributed by atoms with van der Waals surface area (Å²) in [5.74, 6) is -0.325. The topological polar surface area (TPSA) is 95.5 Å². The first-order valence-corrected chi connectivity index (χ1v) is 8.83. The van der Waals surface area contributed by atoms with E-state index in [9.17, 15) is 18.3 Å². The van der Waals surface area contributed by atoms with E-state index in [4.69, 9.17) is 0 Å². The van der Waals surface area contributed by atoms with Crippen LogP contribution in [0.2, 0.25) is 0 Å². The lowest BCUT2D eigenvalue weighted by Crippen LogP contribution is -2.46. The van der Waals surface area contributed by atoms with E-state index in [1.54, 1.807) is 38.1 Å². The number of para-hydroxylation sites is 1. The zero-order chi connectivity index (χ0) is 17.8. The van der Waals surface area contributed by atoms with Crippen LogP contribution >= 0.6 is 0 Å². The number of nitrogens with one attached hydrogen (secondary N) is 2. The van der Waals surface area contributed by atoms with E-state index in [1.165, 1.54) is 24.3 Å². The zero-order valence-electron chi connectivity index (χ0n) is 13.5. The van der Waals surface area contributed by atoms with Crippen molar-refractivity contribution in [2.24, 2.45) is 0 Å². The second-order valence-corrected chi connectivity index (χ2v) is 7.67. The van der Waals surface area contributed by atoms with Gasteiger partial charge in [-0.25, -0.2) is 13.1 Å². The highest BCUT2D eigenvalue weighted by Crippen LogP contribution is 2.15. The van der Waals surface area contributed by atoms with Gasteiger partial charge in [-0.1, -0.05) is 18.2 Å². The molecule has 0 aromatic heterocycles. The van der Waals surface area contributed by atoms with Gasteiger partial charge >= 0.3 is 0 Å². The van der Waals surface area contributed by atoms with Crippen LogP contribution in [0.25, 0.3) is 0 Å². The Morgan fingerprint density at radius 3 is 2.17 bits per heavy atom. The average Bonchev–Trinajstić information content (AvgIpc) is 2.55. The second-order valence-electron chi connectivity index (χ2n) is 5.99. The molecule has 0 unspecified atom stereocenters. The van der Waals surface area contributed by atoms with Crippen LogP contribution in [0, 0.1) is 0 Å². The maximum Gasteiger partial charge on any atom is 0.255 e. The van der Waals surface area contributed by atoms with Gasteiger partial charge in [-0.2, -0.15) is 0 Å². The first kappa shape index (κ1) is 18.1. The van der Waals surface area contributed by atoms with Gasteiger partial charge in [0.05, 0.1) is 17.0 Å². The van der Waals surface area contributed by atoms with Crippen molar-refractivity contribution in [2.45, 2.75) is 24.3 Å². The van der Waals surface area contributed by atoms with Crippen molar-refractivity contribution in [1.29, 1.82) is 0 Å². The molecule has 2 aromatic carbocycles. The Hall–Kier alpha value is -2.22. The molecular weight excluding hydrogens is 328 g/mol. The number of carbonyl (C=O) groups excluding carboxylic acids is 1. The van der Waals surface area contributed by atoms with Crippen molar-refractivity contribution in [3.8, 4) is 0 Å². The molecule has 0 bridgehead atoms. The van der Waals surface area contributed by atoms with Gasteiger partial charge in [0.2, 0.25) is 10.0 Å². The van der Waals surface area contributed by atoms with Crippen molar-refractivity contribution < 1.29 is 18.3 Å². The number of aliphatic hydroxyl groups is 1. The largest absolute Gasteiger partial charge is 0.394 e. The van der Waals surface area contributed by atoms with Crippen LogP contribution in [0.3, 0.4) is 0 Å². The van der Waals surface area contributed by atoms with E-state index in [0.29, 0.717) is 11.3 Å². The van der Waals surface area contributed by atoms with E-state index in [1.807, 2.05) is 6.07 Å². The molecule has 24 heavy (non-hydrogen) atoms. The number of hydrogen-bond acceptors (Lipinski definition) is 4. The van der Waals surface area contributed by atoms with Crippen molar-refractivity contribution in [3.05, 3.63) is 60.2 Å². The highest BCUT2D eigenvalue weighted by atomic mass is 32.2. The van der Waals surface area contributed by atoms with Gasteiger partial charge in [-0.15, -0.1) is 0 Å². The molecule has 6 nitrogen and oxygen atoms in total. The number of hydrogen-bond donors (Lipinski definition) is 3. The van der Waals surface area contributed by atoms with Crippen molar-refractivity contribution >= 4 is 21.6 Å². The van der Waals surface area contributed by atoms with Gasteiger partial charge in [0.1, 0.15) is 0 Å². The van der Waals surface area contributed by atoms with Crippen molar-refractivity contribution in [3.63, 3.8) is 0 Å². The molecule has 0 atom stereocenters. The molecule has 0 saturated carbocycles. The zero-order valence-corrected chi connectivity index (χ0v) is 14.3. The number of carbonyl (C=O) groups is 1. The predicted molar refractivity (Wildman–Crippen MR) is 92.3 cm³/mol. The lowest BCUT2D eigenvalue weighted by molar-refractivity contribution is 0.102. The van der Waals surface area contributed by atoms with Crippen LogP contribution in [-0.2, 0) is 10.0 Å². The van der Waals surface area contributed by atoms with E-state index in [2.05, 4.69) is 10.0 Å². The quantitative estimate of drug-likeness (QED) is 0.744. The molecule has 0 aliphatic rings. The van der Waals surface area contributed by atoms with E-state index in [-0.39, 0.29) is 17.4 Å². The minimum absolute atomic E-state index is 0.0280. The fourth-order valence-corrected chi connectivity index (χ4v) is 3.37. The maximum absolute atomic E-state index is 12.3. The molecule has 2 rings (SSSR count). The van der Waals surface area contributed by atoms with Crippen LogP contribution in [0.5, 0.6) is 0 Å². The third kappa shape index (κ3) is 4.64. The van der Waals surface area contributed by atoms with Gasteiger partial charge in [0.25, 0.3) is 5.91 Å². The second kappa shape index (κ2) is 7.12. The highest BCUT2D eigenvalue weighted by molar-refractivity contribution is 7.89. The molecular formula is C17H20N2O4S. The summed E-state index contributed by atoms with van der Waals surface area (Å²) in [5, 5.41) is 11.9. The number of aliphatic hydroxyl groups excluding tert-OH is 1. The van der Waals surface area contributed by atoms with Crippen molar-refractivity contribution in [1.82, 2.24) is 4.72 Å². The smallest absolute Gasteiger partial charge is 0.255 e. The summed E-state index contributed by atoms with van der Waals surface area (Å²) in [7, 11) is -3.77. The fraction of sp³-hybridized carbons (Fsp3) is 0.235. The van der Waals surface area contributed by atoms with E-state index < -0.39 is 15.6 Å². The Kier molecular flexibility index (Phi) is 5.38. The average molecular weight is 348 g/mol. The molecule has 0 radical (unpaired) electrons. The Bertz CT molecular complexity index is 800. The standard InChI is InChI=1S/C17H20N2O4S/c1-17(2,12-20)19-24(22,23)15-10-8-13(9-11-15)16(21)18-14-6-4-3-5-7-14/h3-11,19-20H,12H2,1-2H3,(H,18,21). The number of benzene rings is 2. The van der Waals surface area contributed by atoms with Crippen LogP contribution in [0.4, 0.5) is 5.69 Å². The molecule has 0 aliphatic carbocycles. The van der Waals surface area contributed by atoms with Crippen LogP contribution < -0.4 is 10.0 Å². The summed E-state index contributed by atoms with van der Waals surface area (Å²) in [6.45, 7) is 2.82. The van der Waals surface area contributed by atoms with Gasteiger partial charge in [0.15, 0.2) is 0 Å². The highest BCUT2D eigenvalue weighted by Gasteiger charge is 2.25. The van der Waals surface area contributed by atoms with Gasteiger partial charge < -0.3 is 10.4 Å². The van der Waals surface area contributed by atoms with Crippen LogP contribution in [-0.4, -0.2) is 31.6 Å². The molecule has 0 fully saturated rings. The Morgan fingerprint density at radius 2 is 1.62 bits per heavy atom. The van der Waals surface area contributed by atoms with E-state index >= 15 is 0 Å². The number of amides is 1. The Morgan fingerprint density at radius 1 is 1.04 bits per heavy atom. The monoisotopic (exact) mass is 348 g/mol. The first-order valence-electron chi connectivity index (χ1n) is 7.35. The van der Waals surface area contributed by atoms with Crippen LogP contribution in [0.15, 0.2) is 59.5 Å². The first-order chi connectivity index (χ1) is 11.2. The minimum atomic E-state index is -3.77. The summed E-state index contributed by atoms with van der Waals surface area (Å²) < 4.78 is 26.9. The normalized spacial score (nSPS) is 12.0. The van der Waals surface area contributed by atoms with E-state index in [0.717, 1.165) is 0 Å². The van der Waals surface area contributed by atoms with Crippen molar-refractivity contribution in [2.75, 3.05) is 11.9 Å². The molecule has 0 spiro atoms. The summed E-state index contributed by atoms with van der Waals surface area (Å²) >= 11 is 0. The fourth-order valence-electron chi connectivity index (χ4n) is 1.97. The third-order valence-corrected chi connectivity index (χ3v) is 4.98. The molecule has 1 amide bonds. The molecule has 128 valence electrons. The third-order valence-electron chi connectivity index (χ3n) is 3.26. The van der Waals surface area contributed by atoms with Crippen LogP contribution in [0.1, 0.15) is 24.2 Å². The Balaban J connectivity index is 2.14. The summed E-state index contributed by atoms with van der Waals surface area (Å²) in [5.41, 5.74) is 0.0344. The molecule has 0 aliphatic heterocycles. The number of sulfonamides is 1. The summed E-state index contributed by atoms with van der Waals surface area (Å²) in [6, 6.07) is 14.6. The van der Waals surface area contributed by atoms with Gasteiger partial charge in [-0.05, 0) is 50.2 Å².